The van der Waals surface area contributed by atoms with Crippen molar-refractivity contribution in [2.75, 3.05) is 35.4 Å². The first-order valence-corrected chi connectivity index (χ1v) is 11.7. The maximum Gasteiger partial charge on any atom is 0.265 e. The Bertz CT molecular complexity index is 1130. The second kappa shape index (κ2) is 8.32. The van der Waals surface area contributed by atoms with E-state index in [4.69, 9.17) is 4.74 Å². The number of aryl methyl sites for hydroxylation is 1. The fourth-order valence-corrected chi connectivity index (χ4v) is 5.28. The summed E-state index contributed by atoms with van der Waals surface area (Å²) in [7, 11) is -1.82. The minimum Gasteiger partial charge on any atom is -0.367 e. The zero-order valence-electron chi connectivity index (χ0n) is 18.0. The van der Waals surface area contributed by atoms with Crippen LogP contribution in [0.3, 0.4) is 0 Å². The Kier molecular flexibility index (Phi) is 5.72. The number of morpholine rings is 1. The number of para-hydroxylation sites is 1. The summed E-state index contributed by atoms with van der Waals surface area (Å²) >= 11 is 0. The van der Waals surface area contributed by atoms with Crippen LogP contribution in [-0.4, -0.2) is 49.4 Å². The van der Waals surface area contributed by atoms with E-state index in [-0.39, 0.29) is 4.90 Å². The summed E-state index contributed by atoms with van der Waals surface area (Å²) in [4.78, 5) is 6.77. The highest BCUT2D eigenvalue weighted by Crippen LogP contribution is 2.31. The number of ether oxygens (including phenoxy) is 1. The molecule has 1 fully saturated rings. The highest BCUT2D eigenvalue weighted by Gasteiger charge is 2.35. The Labute approximate surface area is 183 Å². The zero-order chi connectivity index (χ0) is 22.1. The van der Waals surface area contributed by atoms with Crippen molar-refractivity contribution in [1.82, 2.24) is 14.8 Å². The van der Waals surface area contributed by atoms with Gasteiger partial charge >= 0.3 is 0 Å². The fraction of sp³-hybridized carbons (Fsp3) is 0.364. The van der Waals surface area contributed by atoms with Crippen LogP contribution in [-0.2, 0) is 27.4 Å². The molecule has 0 radical (unpaired) electrons. The monoisotopic (exact) mass is 441 g/mol. The van der Waals surface area contributed by atoms with Gasteiger partial charge in [0.15, 0.2) is 0 Å². The van der Waals surface area contributed by atoms with Crippen LogP contribution in [0.1, 0.15) is 19.4 Å². The topological polar surface area (TPSA) is 80.6 Å². The van der Waals surface area contributed by atoms with Crippen LogP contribution in [0.25, 0.3) is 0 Å². The van der Waals surface area contributed by atoms with Crippen molar-refractivity contribution >= 4 is 21.5 Å². The smallest absolute Gasteiger partial charge is 0.265 e. The largest absolute Gasteiger partial charge is 0.367 e. The average molecular weight is 442 g/mol. The maximum absolute atomic E-state index is 13.2. The van der Waals surface area contributed by atoms with Crippen molar-refractivity contribution in [3.63, 3.8) is 0 Å². The number of nitrogens with zero attached hydrogens (tertiary/aromatic N) is 5. The molecule has 0 spiro atoms. The van der Waals surface area contributed by atoms with Crippen LogP contribution in [0.15, 0.2) is 66.0 Å². The lowest BCUT2D eigenvalue weighted by molar-refractivity contribution is -0.0468. The van der Waals surface area contributed by atoms with Crippen molar-refractivity contribution in [2.24, 2.45) is 7.05 Å². The number of rotatable bonds is 6. The van der Waals surface area contributed by atoms with Crippen LogP contribution < -0.4 is 9.21 Å². The van der Waals surface area contributed by atoms with Gasteiger partial charge in [0.1, 0.15) is 16.3 Å². The Balaban J connectivity index is 1.56. The Morgan fingerprint density at radius 1 is 1.16 bits per heavy atom. The second-order valence-electron chi connectivity index (χ2n) is 7.76. The van der Waals surface area contributed by atoms with Crippen molar-refractivity contribution in [3.8, 4) is 0 Å². The average Bonchev–Trinajstić information content (AvgIpc) is 3.22. The quantitative estimate of drug-likeness (QED) is 0.585. The zero-order valence-corrected chi connectivity index (χ0v) is 18.8. The number of sulfonamides is 1. The Hall–Kier alpha value is -2.91. The van der Waals surface area contributed by atoms with Gasteiger partial charge in [0.2, 0.25) is 0 Å². The summed E-state index contributed by atoms with van der Waals surface area (Å²) in [5, 5.41) is 4.25. The molecule has 9 heteroatoms. The van der Waals surface area contributed by atoms with Gasteiger partial charge in [-0.3, -0.25) is 8.99 Å². The normalized spacial score (nSPS) is 19.4. The number of hydrogen-bond donors (Lipinski definition) is 0. The molecule has 4 rings (SSSR count). The van der Waals surface area contributed by atoms with E-state index in [1.54, 1.807) is 28.9 Å². The molecule has 0 amide bonds. The Morgan fingerprint density at radius 3 is 2.55 bits per heavy atom. The number of benzene rings is 1. The standard InChI is InChI=1S/C22H27N5O3S/c1-4-27(19-8-6-5-7-9-19)31(28,29)20-10-11-21(23-15-20)26-12-13-30-22(2,17-26)18-14-24-25(3)16-18/h5-11,14-16H,4,12-13,17H2,1-3H3. The number of pyridine rings is 1. The summed E-state index contributed by atoms with van der Waals surface area (Å²) in [6, 6.07) is 12.5. The molecular formula is C22H27N5O3S. The second-order valence-corrected chi connectivity index (χ2v) is 9.62. The van der Waals surface area contributed by atoms with Gasteiger partial charge in [-0.15, -0.1) is 0 Å². The van der Waals surface area contributed by atoms with Gasteiger partial charge < -0.3 is 9.64 Å². The minimum absolute atomic E-state index is 0.172. The fourth-order valence-electron chi connectivity index (χ4n) is 3.86. The molecule has 2 aromatic heterocycles. The lowest BCUT2D eigenvalue weighted by Crippen LogP contribution is -2.48. The van der Waals surface area contributed by atoms with E-state index in [0.717, 1.165) is 11.4 Å². The molecule has 1 unspecified atom stereocenters. The van der Waals surface area contributed by atoms with Gasteiger partial charge in [-0.1, -0.05) is 18.2 Å². The van der Waals surface area contributed by atoms with Crippen LogP contribution >= 0.6 is 0 Å². The summed E-state index contributed by atoms with van der Waals surface area (Å²) in [6.07, 6.45) is 5.21. The number of anilines is 2. The molecule has 164 valence electrons. The van der Waals surface area contributed by atoms with Gasteiger partial charge in [-0.05, 0) is 38.1 Å². The molecule has 0 N–H and O–H groups in total. The molecule has 0 aliphatic carbocycles. The lowest BCUT2D eigenvalue weighted by atomic mass is 9.97. The van der Waals surface area contributed by atoms with Crippen molar-refractivity contribution in [3.05, 3.63) is 66.6 Å². The third-order valence-corrected chi connectivity index (χ3v) is 7.44. The predicted octanol–water partition coefficient (Wildman–Crippen LogP) is 2.78. The molecule has 0 bridgehead atoms. The molecule has 1 atom stereocenters. The van der Waals surface area contributed by atoms with E-state index in [2.05, 4.69) is 15.0 Å². The third kappa shape index (κ3) is 4.15. The van der Waals surface area contributed by atoms with Gasteiger partial charge in [-0.25, -0.2) is 13.4 Å². The van der Waals surface area contributed by atoms with E-state index in [9.17, 15) is 8.42 Å². The van der Waals surface area contributed by atoms with E-state index >= 15 is 0 Å². The molecule has 1 aromatic carbocycles. The van der Waals surface area contributed by atoms with E-state index in [1.165, 1.54) is 10.5 Å². The van der Waals surface area contributed by atoms with Crippen LogP contribution in [0, 0.1) is 0 Å². The molecular weight excluding hydrogens is 414 g/mol. The first-order chi connectivity index (χ1) is 14.8. The molecule has 1 aliphatic heterocycles. The first kappa shape index (κ1) is 21.3. The SMILES string of the molecule is CCN(c1ccccc1)S(=O)(=O)c1ccc(N2CCOC(C)(c3cnn(C)c3)C2)nc1. The highest BCUT2D eigenvalue weighted by molar-refractivity contribution is 7.92. The summed E-state index contributed by atoms with van der Waals surface area (Å²) in [5.74, 6) is 0.722. The van der Waals surface area contributed by atoms with Gasteiger partial charge in [-0.2, -0.15) is 5.10 Å². The molecule has 1 aliphatic rings. The van der Waals surface area contributed by atoms with E-state index in [0.29, 0.717) is 31.9 Å². The van der Waals surface area contributed by atoms with Crippen molar-refractivity contribution in [2.45, 2.75) is 24.3 Å². The lowest BCUT2D eigenvalue weighted by Gasteiger charge is -2.40. The highest BCUT2D eigenvalue weighted by atomic mass is 32.2. The van der Waals surface area contributed by atoms with Crippen LogP contribution in [0.5, 0.6) is 0 Å². The van der Waals surface area contributed by atoms with Crippen LogP contribution in [0.4, 0.5) is 11.5 Å². The predicted molar refractivity (Wildman–Crippen MR) is 120 cm³/mol. The number of hydrogen-bond acceptors (Lipinski definition) is 6. The van der Waals surface area contributed by atoms with Gasteiger partial charge in [0, 0.05) is 38.1 Å². The van der Waals surface area contributed by atoms with Crippen molar-refractivity contribution < 1.29 is 13.2 Å². The maximum atomic E-state index is 13.2. The van der Waals surface area contributed by atoms with Gasteiger partial charge in [0.25, 0.3) is 10.0 Å². The number of aromatic nitrogens is 3. The molecule has 31 heavy (non-hydrogen) atoms. The van der Waals surface area contributed by atoms with E-state index in [1.807, 2.05) is 51.5 Å². The molecule has 3 heterocycles. The third-order valence-electron chi connectivity index (χ3n) is 5.55. The van der Waals surface area contributed by atoms with Crippen LogP contribution in [0.2, 0.25) is 0 Å². The first-order valence-electron chi connectivity index (χ1n) is 10.3. The summed E-state index contributed by atoms with van der Waals surface area (Å²) in [5.41, 5.74) is 1.13. The summed E-state index contributed by atoms with van der Waals surface area (Å²) in [6.45, 7) is 6.02. The Morgan fingerprint density at radius 2 is 1.94 bits per heavy atom. The van der Waals surface area contributed by atoms with Gasteiger partial charge in [0.05, 0.1) is 25.0 Å². The summed E-state index contributed by atoms with van der Waals surface area (Å²) < 4.78 is 35.6. The van der Waals surface area contributed by atoms with Crippen molar-refractivity contribution in [1.29, 1.82) is 0 Å². The molecule has 0 saturated carbocycles. The molecule has 3 aromatic rings. The minimum atomic E-state index is -3.70. The molecule has 8 nitrogen and oxygen atoms in total. The van der Waals surface area contributed by atoms with E-state index < -0.39 is 15.6 Å². The molecule has 1 saturated heterocycles.